The molecule has 0 unspecified atom stereocenters. The summed E-state index contributed by atoms with van der Waals surface area (Å²) in [6.07, 6.45) is 4.42. The van der Waals surface area contributed by atoms with E-state index in [0.29, 0.717) is 17.3 Å². The van der Waals surface area contributed by atoms with E-state index in [9.17, 15) is 0 Å². The van der Waals surface area contributed by atoms with Gasteiger partial charge in [0.25, 0.3) is 0 Å². The van der Waals surface area contributed by atoms with E-state index >= 15 is 0 Å². The fourth-order valence-corrected chi connectivity index (χ4v) is 1.40. The normalized spacial score (nSPS) is 10.2. The Balaban J connectivity index is 2.57. The average Bonchev–Trinajstić information content (AvgIpc) is 2.61. The van der Waals surface area contributed by atoms with Crippen LogP contribution in [-0.4, -0.2) is 15.0 Å². The van der Waals surface area contributed by atoms with E-state index in [1.165, 1.54) is 12.6 Å². The number of hydrogen-bond acceptors (Lipinski definition) is 5. The molecule has 2 aromatic heterocycles. The number of rotatable bonds is 1. The lowest BCUT2D eigenvalue weighted by atomic mass is 10.4. The SMILES string of the molecule is Nc1cnc(I)c(-c2cnco2)n1. The summed E-state index contributed by atoms with van der Waals surface area (Å²) >= 11 is 2.06. The summed E-state index contributed by atoms with van der Waals surface area (Å²) in [5.41, 5.74) is 6.12. The second-order valence-electron chi connectivity index (χ2n) is 2.30. The molecule has 0 aliphatic rings. The van der Waals surface area contributed by atoms with Gasteiger partial charge < -0.3 is 10.2 Å². The first-order valence-corrected chi connectivity index (χ1v) is 4.52. The van der Waals surface area contributed by atoms with Crippen molar-refractivity contribution in [2.24, 2.45) is 0 Å². The van der Waals surface area contributed by atoms with Crippen LogP contribution in [-0.2, 0) is 0 Å². The van der Waals surface area contributed by atoms with E-state index in [2.05, 4.69) is 37.5 Å². The van der Waals surface area contributed by atoms with Crippen LogP contribution in [0.5, 0.6) is 0 Å². The molecule has 0 radical (unpaired) electrons. The molecule has 2 N–H and O–H groups in total. The first-order valence-electron chi connectivity index (χ1n) is 3.44. The van der Waals surface area contributed by atoms with Gasteiger partial charge in [-0.15, -0.1) is 0 Å². The maximum Gasteiger partial charge on any atom is 0.181 e. The molecule has 0 aromatic carbocycles. The van der Waals surface area contributed by atoms with Crippen LogP contribution in [0.15, 0.2) is 23.2 Å². The third-order valence-corrected chi connectivity index (χ3v) is 2.20. The third-order valence-electron chi connectivity index (χ3n) is 1.41. The lowest BCUT2D eigenvalue weighted by molar-refractivity contribution is 0.569. The molecule has 0 saturated heterocycles. The van der Waals surface area contributed by atoms with Gasteiger partial charge in [-0.1, -0.05) is 0 Å². The zero-order chi connectivity index (χ0) is 9.26. The number of hydrogen-bond donors (Lipinski definition) is 1. The Hall–Kier alpha value is -1.18. The van der Waals surface area contributed by atoms with Gasteiger partial charge in [0.05, 0.1) is 12.4 Å². The number of aromatic nitrogens is 3. The van der Waals surface area contributed by atoms with Crippen LogP contribution in [0.1, 0.15) is 0 Å². The largest absolute Gasteiger partial charge is 0.442 e. The van der Waals surface area contributed by atoms with Gasteiger partial charge in [0.2, 0.25) is 0 Å². The predicted molar refractivity (Wildman–Crippen MR) is 54.7 cm³/mol. The molecular formula is C7H5IN4O. The Kier molecular flexibility index (Phi) is 2.13. The molecule has 13 heavy (non-hydrogen) atoms. The molecule has 0 atom stereocenters. The molecule has 66 valence electrons. The zero-order valence-electron chi connectivity index (χ0n) is 6.44. The topological polar surface area (TPSA) is 77.8 Å². The van der Waals surface area contributed by atoms with Gasteiger partial charge in [0.15, 0.2) is 12.2 Å². The quantitative estimate of drug-likeness (QED) is 0.801. The summed E-state index contributed by atoms with van der Waals surface area (Å²) in [5.74, 6) is 0.941. The van der Waals surface area contributed by atoms with Gasteiger partial charge in [0, 0.05) is 0 Å². The molecule has 0 aliphatic heterocycles. The van der Waals surface area contributed by atoms with Crippen molar-refractivity contribution in [3.63, 3.8) is 0 Å². The number of nitrogen functional groups attached to an aromatic ring is 1. The van der Waals surface area contributed by atoms with Crippen molar-refractivity contribution in [3.05, 3.63) is 22.5 Å². The van der Waals surface area contributed by atoms with E-state index in [4.69, 9.17) is 10.2 Å². The van der Waals surface area contributed by atoms with Crippen LogP contribution in [0.4, 0.5) is 5.82 Å². The predicted octanol–water partition coefficient (Wildman–Crippen LogP) is 1.32. The van der Waals surface area contributed by atoms with E-state index in [1.807, 2.05) is 0 Å². The van der Waals surface area contributed by atoms with Gasteiger partial charge >= 0.3 is 0 Å². The number of halogens is 1. The summed E-state index contributed by atoms with van der Waals surface area (Å²) in [4.78, 5) is 11.9. The van der Waals surface area contributed by atoms with Crippen molar-refractivity contribution in [3.8, 4) is 11.5 Å². The van der Waals surface area contributed by atoms with E-state index in [-0.39, 0.29) is 0 Å². The molecule has 0 amide bonds. The third kappa shape index (κ3) is 1.62. The number of nitrogens with two attached hydrogens (primary N) is 1. The highest BCUT2D eigenvalue weighted by Gasteiger charge is 2.09. The van der Waals surface area contributed by atoms with Gasteiger partial charge in [-0.05, 0) is 22.6 Å². The van der Waals surface area contributed by atoms with Gasteiger partial charge in [0.1, 0.15) is 15.2 Å². The molecule has 0 fully saturated rings. The first kappa shape index (κ1) is 8.42. The van der Waals surface area contributed by atoms with E-state index < -0.39 is 0 Å². The summed E-state index contributed by atoms with van der Waals surface area (Å²) < 4.78 is 5.82. The van der Waals surface area contributed by atoms with Crippen LogP contribution >= 0.6 is 22.6 Å². The van der Waals surface area contributed by atoms with E-state index in [1.54, 1.807) is 6.20 Å². The number of anilines is 1. The van der Waals surface area contributed by atoms with Crippen LogP contribution < -0.4 is 5.73 Å². The minimum absolute atomic E-state index is 0.367. The van der Waals surface area contributed by atoms with Crippen molar-refractivity contribution in [1.29, 1.82) is 0 Å². The first-order chi connectivity index (χ1) is 6.27. The molecule has 0 spiro atoms. The highest BCUT2D eigenvalue weighted by atomic mass is 127. The van der Waals surface area contributed by atoms with Gasteiger partial charge in [-0.3, -0.25) is 0 Å². The maximum atomic E-state index is 5.49. The Bertz CT molecular complexity index is 414. The Morgan fingerprint density at radius 2 is 2.23 bits per heavy atom. The lowest BCUT2D eigenvalue weighted by Gasteiger charge is -1.98. The van der Waals surface area contributed by atoms with Crippen molar-refractivity contribution < 1.29 is 4.42 Å². The Morgan fingerprint density at radius 1 is 1.38 bits per heavy atom. The van der Waals surface area contributed by atoms with Crippen LogP contribution in [0.2, 0.25) is 0 Å². The van der Waals surface area contributed by atoms with Crippen LogP contribution in [0.25, 0.3) is 11.5 Å². The lowest BCUT2D eigenvalue weighted by Crippen LogP contribution is -1.96. The second kappa shape index (κ2) is 3.29. The van der Waals surface area contributed by atoms with Crippen molar-refractivity contribution in [2.75, 3.05) is 5.73 Å². The summed E-state index contributed by atoms with van der Waals surface area (Å²) in [7, 11) is 0. The fraction of sp³-hybridized carbons (Fsp3) is 0. The van der Waals surface area contributed by atoms with Crippen molar-refractivity contribution in [2.45, 2.75) is 0 Å². The molecule has 2 rings (SSSR count). The highest BCUT2D eigenvalue weighted by Crippen LogP contribution is 2.21. The molecule has 0 saturated carbocycles. The minimum Gasteiger partial charge on any atom is -0.442 e. The zero-order valence-corrected chi connectivity index (χ0v) is 8.59. The van der Waals surface area contributed by atoms with Crippen molar-refractivity contribution >= 4 is 28.4 Å². The molecule has 2 aromatic rings. The summed E-state index contributed by atoms with van der Waals surface area (Å²) in [6, 6.07) is 0. The average molecular weight is 288 g/mol. The number of oxazole rings is 1. The second-order valence-corrected chi connectivity index (χ2v) is 3.32. The molecule has 5 nitrogen and oxygen atoms in total. The minimum atomic E-state index is 0.367. The standard InChI is InChI=1S/C7H5IN4O/c8-7-6(4-1-10-3-13-4)12-5(9)2-11-7/h1-3H,(H2,9,12). The smallest absolute Gasteiger partial charge is 0.181 e. The fourth-order valence-electron chi connectivity index (χ4n) is 0.878. The Morgan fingerprint density at radius 3 is 2.92 bits per heavy atom. The van der Waals surface area contributed by atoms with Gasteiger partial charge in [-0.25, -0.2) is 15.0 Å². The molecule has 0 bridgehead atoms. The monoisotopic (exact) mass is 288 g/mol. The molecule has 6 heteroatoms. The highest BCUT2D eigenvalue weighted by molar-refractivity contribution is 14.1. The molecule has 2 heterocycles. The Labute approximate surface area is 87.5 Å². The summed E-state index contributed by atoms with van der Waals surface area (Å²) in [5, 5.41) is 0. The van der Waals surface area contributed by atoms with E-state index in [0.717, 1.165) is 3.70 Å². The maximum absolute atomic E-state index is 5.49. The molecular weight excluding hydrogens is 283 g/mol. The van der Waals surface area contributed by atoms with Crippen LogP contribution in [0.3, 0.4) is 0 Å². The van der Waals surface area contributed by atoms with Crippen molar-refractivity contribution in [1.82, 2.24) is 15.0 Å². The number of nitrogens with zero attached hydrogens (tertiary/aromatic N) is 3. The van der Waals surface area contributed by atoms with Gasteiger partial charge in [-0.2, -0.15) is 0 Å². The summed E-state index contributed by atoms with van der Waals surface area (Å²) in [6.45, 7) is 0. The molecule has 0 aliphatic carbocycles. The van der Waals surface area contributed by atoms with Crippen LogP contribution in [0, 0.1) is 3.70 Å².